The average Bonchev–Trinajstić information content (AvgIpc) is 2.54. The van der Waals surface area contributed by atoms with Crippen LogP contribution in [0.1, 0.15) is 15.9 Å². The SMILES string of the molecule is O=C(/C=C(\O)c1ccccc1)c1ccc(OCCO)cc1. The Kier molecular flexibility index (Phi) is 5.12. The summed E-state index contributed by atoms with van der Waals surface area (Å²) < 4.78 is 5.21. The van der Waals surface area contributed by atoms with Crippen molar-refractivity contribution in [1.82, 2.24) is 0 Å². The number of aliphatic hydroxyl groups is 2. The molecule has 2 aromatic rings. The normalized spacial score (nSPS) is 11.2. The fourth-order valence-electron chi connectivity index (χ4n) is 1.78. The second kappa shape index (κ2) is 7.26. The molecule has 0 saturated heterocycles. The third kappa shape index (κ3) is 4.19. The predicted octanol–water partition coefficient (Wildman–Crippen LogP) is 2.84. The number of aliphatic hydroxyl groups excluding tert-OH is 2. The maximum absolute atomic E-state index is 12.0. The molecule has 0 aliphatic rings. The van der Waals surface area contributed by atoms with Gasteiger partial charge in [0.2, 0.25) is 0 Å². The molecule has 0 atom stereocenters. The number of rotatable bonds is 6. The number of benzene rings is 2. The van der Waals surface area contributed by atoms with E-state index >= 15 is 0 Å². The van der Waals surface area contributed by atoms with E-state index in [1.807, 2.05) is 6.07 Å². The highest BCUT2D eigenvalue weighted by Gasteiger charge is 2.06. The van der Waals surface area contributed by atoms with Crippen LogP contribution in [0.25, 0.3) is 5.76 Å². The molecule has 0 aromatic heterocycles. The van der Waals surface area contributed by atoms with Crippen LogP contribution in [-0.4, -0.2) is 29.2 Å². The molecule has 0 heterocycles. The third-order valence-electron chi connectivity index (χ3n) is 2.84. The molecule has 21 heavy (non-hydrogen) atoms. The Labute approximate surface area is 122 Å². The number of ether oxygens (including phenoxy) is 1. The molecule has 0 aliphatic heterocycles. The van der Waals surface area contributed by atoms with Crippen molar-refractivity contribution in [3.63, 3.8) is 0 Å². The van der Waals surface area contributed by atoms with Crippen LogP contribution in [0, 0.1) is 0 Å². The molecule has 0 bridgehead atoms. The van der Waals surface area contributed by atoms with Gasteiger partial charge in [0.15, 0.2) is 5.78 Å². The van der Waals surface area contributed by atoms with Gasteiger partial charge in [-0.25, -0.2) is 0 Å². The van der Waals surface area contributed by atoms with E-state index in [9.17, 15) is 9.90 Å². The van der Waals surface area contributed by atoms with E-state index in [2.05, 4.69) is 0 Å². The van der Waals surface area contributed by atoms with Gasteiger partial charge in [0, 0.05) is 17.2 Å². The highest BCUT2D eigenvalue weighted by atomic mass is 16.5. The van der Waals surface area contributed by atoms with Crippen LogP contribution in [0.3, 0.4) is 0 Å². The van der Waals surface area contributed by atoms with Crippen molar-refractivity contribution in [2.24, 2.45) is 0 Å². The van der Waals surface area contributed by atoms with Crippen molar-refractivity contribution < 1.29 is 19.7 Å². The molecule has 4 heteroatoms. The lowest BCUT2D eigenvalue weighted by Crippen LogP contribution is -2.02. The third-order valence-corrected chi connectivity index (χ3v) is 2.84. The lowest BCUT2D eigenvalue weighted by Gasteiger charge is -2.04. The molecule has 0 fully saturated rings. The summed E-state index contributed by atoms with van der Waals surface area (Å²) in [6.07, 6.45) is 1.19. The molecule has 0 aliphatic carbocycles. The average molecular weight is 284 g/mol. The van der Waals surface area contributed by atoms with E-state index in [0.29, 0.717) is 16.9 Å². The Morgan fingerprint density at radius 3 is 2.29 bits per heavy atom. The minimum Gasteiger partial charge on any atom is -0.507 e. The van der Waals surface area contributed by atoms with Crippen LogP contribution in [-0.2, 0) is 0 Å². The first-order chi connectivity index (χ1) is 10.2. The van der Waals surface area contributed by atoms with Crippen LogP contribution >= 0.6 is 0 Å². The summed E-state index contributed by atoms with van der Waals surface area (Å²) >= 11 is 0. The summed E-state index contributed by atoms with van der Waals surface area (Å²) in [5, 5.41) is 18.6. The minimum absolute atomic E-state index is 0.0611. The van der Waals surface area contributed by atoms with Crippen LogP contribution in [0.15, 0.2) is 60.7 Å². The van der Waals surface area contributed by atoms with E-state index in [1.54, 1.807) is 48.5 Å². The minimum atomic E-state index is -0.287. The van der Waals surface area contributed by atoms with Crippen molar-refractivity contribution in [1.29, 1.82) is 0 Å². The Balaban J connectivity index is 2.09. The summed E-state index contributed by atoms with van der Waals surface area (Å²) in [7, 11) is 0. The summed E-state index contributed by atoms with van der Waals surface area (Å²) in [5.74, 6) is 0.225. The van der Waals surface area contributed by atoms with Crippen LogP contribution in [0.2, 0.25) is 0 Å². The summed E-state index contributed by atoms with van der Waals surface area (Å²) in [4.78, 5) is 12.0. The number of hydrogen-bond donors (Lipinski definition) is 2. The Bertz CT molecular complexity index is 615. The number of ketones is 1. The molecule has 0 spiro atoms. The molecule has 0 amide bonds. The zero-order chi connectivity index (χ0) is 15.1. The Morgan fingerprint density at radius 1 is 1.00 bits per heavy atom. The standard InChI is InChI=1S/C17H16O4/c18-10-11-21-15-8-6-14(7-9-15)17(20)12-16(19)13-4-2-1-3-5-13/h1-9,12,18-19H,10-11H2/b16-12-. The lowest BCUT2D eigenvalue weighted by atomic mass is 10.1. The highest BCUT2D eigenvalue weighted by Crippen LogP contribution is 2.15. The van der Waals surface area contributed by atoms with E-state index in [4.69, 9.17) is 9.84 Å². The van der Waals surface area contributed by atoms with Gasteiger partial charge in [-0.05, 0) is 24.3 Å². The van der Waals surface area contributed by atoms with Crippen molar-refractivity contribution in [2.75, 3.05) is 13.2 Å². The molecule has 0 unspecified atom stereocenters. The number of carbonyl (C=O) groups is 1. The maximum atomic E-state index is 12.0. The fraction of sp³-hybridized carbons (Fsp3) is 0.118. The van der Waals surface area contributed by atoms with Crippen molar-refractivity contribution >= 4 is 11.5 Å². The van der Waals surface area contributed by atoms with Gasteiger partial charge >= 0.3 is 0 Å². The second-order valence-corrected chi connectivity index (χ2v) is 4.36. The Morgan fingerprint density at radius 2 is 1.67 bits per heavy atom. The maximum Gasteiger partial charge on any atom is 0.189 e. The van der Waals surface area contributed by atoms with Crippen LogP contribution < -0.4 is 4.74 Å². The lowest BCUT2D eigenvalue weighted by molar-refractivity contribution is 0.104. The van der Waals surface area contributed by atoms with E-state index in [0.717, 1.165) is 0 Å². The van der Waals surface area contributed by atoms with Gasteiger partial charge in [-0.15, -0.1) is 0 Å². The molecule has 4 nitrogen and oxygen atoms in total. The summed E-state index contributed by atoms with van der Waals surface area (Å²) in [6.45, 7) is 0.149. The summed E-state index contributed by atoms with van der Waals surface area (Å²) in [5.41, 5.74) is 1.04. The molecular formula is C17H16O4. The topological polar surface area (TPSA) is 66.8 Å². The number of carbonyl (C=O) groups excluding carboxylic acids is 1. The van der Waals surface area contributed by atoms with Gasteiger partial charge in [-0.2, -0.15) is 0 Å². The smallest absolute Gasteiger partial charge is 0.189 e. The fourth-order valence-corrected chi connectivity index (χ4v) is 1.78. The molecule has 108 valence electrons. The van der Waals surface area contributed by atoms with Gasteiger partial charge in [0.25, 0.3) is 0 Å². The molecular weight excluding hydrogens is 268 g/mol. The van der Waals surface area contributed by atoms with Gasteiger partial charge < -0.3 is 14.9 Å². The van der Waals surface area contributed by atoms with E-state index in [-0.39, 0.29) is 24.8 Å². The first kappa shape index (κ1) is 14.8. The van der Waals surface area contributed by atoms with Crippen molar-refractivity contribution in [2.45, 2.75) is 0 Å². The largest absolute Gasteiger partial charge is 0.507 e. The monoisotopic (exact) mass is 284 g/mol. The molecule has 0 saturated carbocycles. The zero-order valence-corrected chi connectivity index (χ0v) is 11.4. The first-order valence-electron chi connectivity index (χ1n) is 6.55. The quantitative estimate of drug-likeness (QED) is 0.486. The zero-order valence-electron chi connectivity index (χ0n) is 11.4. The molecule has 2 rings (SSSR count). The highest BCUT2D eigenvalue weighted by molar-refractivity contribution is 6.07. The van der Waals surface area contributed by atoms with Crippen molar-refractivity contribution in [3.8, 4) is 5.75 Å². The first-order valence-corrected chi connectivity index (χ1v) is 6.55. The molecule has 2 N–H and O–H groups in total. The van der Waals surface area contributed by atoms with Crippen LogP contribution in [0.4, 0.5) is 0 Å². The van der Waals surface area contributed by atoms with Gasteiger partial charge in [-0.3, -0.25) is 4.79 Å². The number of allylic oxidation sites excluding steroid dienone is 1. The van der Waals surface area contributed by atoms with E-state index in [1.165, 1.54) is 6.08 Å². The predicted molar refractivity (Wildman–Crippen MR) is 80.4 cm³/mol. The van der Waals surface area contributed by atoms with Gasteiger partial charge in [-0.1, -0.05) is 30.3 Å². The van der Waals surface area contributed by atoms with Gasteiger partial charge in [0.05, 0.1) is 6.61 Å². The van der Waals surface area contributed by atoms with E-state index < -0.39 is 0 Å². The molecule has 0 radical (unpaired) electrons. The molecule has 2 aromatic carbocycles. The Hall–Kier alpha value is -2.59. The second-order valence-electron chi connectivity index (χ2n) is 4.36. The van der Waals surface area contributed by atoms with Gasteiger partial charge in [0.1, 0.15) is 18.1 Å². The summed E-state index contributed by atoms with van der Waals surface area (Å²) in [6, 6.07) is 15.4. The van der Waals surface area contributed by atoms with Crippen LogP contribution in [0.5, 0.6) is 5.75 Å². The number of hydrogen-bond acceptors (Lipinski definition) is 4. The van der Waals surface area contributed by atoms with Crippen molar-refractivity contribution in [3.05, 3.63) is 71.8 Å².